The Morgan fingerprint density at radius 1 is 0.360 bits per heavy atom. The summed E-state index contributed by atoms with van der Waals surface area (Å²) in [5, 5.41) is 6.88. The average molecular weight is 657 g/mol. The Morgan fingerprint density at radius 3 is 1.70 bits per heavy atom. The molecule has 234 valence electrons. The molecule has 0 atom stereocenters. The molecule has 10 aromatic rings. The van der Waals surface area contributed by atoms with E-state index in [2.05, 4.69) is 157 Å². The molecule has 10 rings (SSSR count). The molecule has 0 aliphatic heterocycles. The second kappa shape index (κ2) is 11.6. The number of para-hydroxylation sites is 3. The van der Waals surface area contributed by atoms with E-state index in [-0.39, 0.29) is 0 Å². The van der Waals surface area contributed by atoms with Gasteiger partial charge in [0.2, 0.25) is 0 Å². The number of thiophene rings is 1. The minimum atomic E-state index is 0.618. The van der Waals surface area contributed by atoms with Crippen LogP contribution in [-0.4, -0.2) is 15.0 Å². The molecule has 5 heteroatoms. The van der Waals surface area contributed by atoms with Crippen LogP contribution in [0, 0.1) is 0 Å². The number of nitrogens with zero attached hydrogens (tertiary/aromatic N) is 4. The maximum absolute atomic E-state index is 5.31. The summed E-state index contributed by atoms with van der Waals surface area (Å²) in [6.45, 7) is 0. The fourth-order valence-corrected chi connectivity index (χ4v) is 8.24. The van der Waals surface area contributed by atoms with Crippen LogP contribution in [0.5, 0.6) is 0 Å². The van der Waals surface area contributed by atoms with Crippen LogP contribution in [-0.2, 0) is 0 Å². The van der Waals surface area contributed by atoms with Gasteiger partial charge < -0.3 is 4.90 Å². The third kappa shape index (κ3) is 4.71. The van der Waals surface area contributed by atoms with Crippen molar-refractivity contribution in [3.8, 4) is 22.8 Å². The van der Waals surface area contributed by atoms with Crippen LogP contribution < -0.4 is 4.90 Å². The number of benzene rings is 7. The second-order valence-corrected chi connectivity index (χ2v) is 13.5. The van der Waals surface area contributed by atoms with Crippen LogP contribution in [0.2, 0.25) is 0 Å². The molecule has 0 aliphatic rings. The van der Waals surface area contributed by atoms with E-state index in [0.717, 1.165) is 66.6 Å². The SMILES string of the molecule is c1ccc(N(c2ccccc2)c2ccc(-c3nc(-c4nc5cc6sc7ccccc7c6cc5c5ccccc45)nc4ccccc34)cc2)cc1. The minimum Gasteiger partial charge on any atom is -0.311 e. The first-order valence-electron chi connectivity index (χ1n) is 16.7. The Kier molecular flexibility index (Phi) is 6.64. The van der Waals surface area contributed by atoms with Crippen LogP contribution in [0.25, 0.3) is 75.5 Å². The first-order chi connectivity index (χ1) is 24.8. The number of hydrogen-bond acceptors (Lipinski definition) is 5. The summed E-state index contributed by atoms with van der Waals surface area (Å²) >= 11 is 1.81. The quantitative estimate of drug-likeness (QED) is 0.173. The molecule has 0 N–H and O–H groups in total. The lowest BCUT2D eigenvalue weighted by Gasteiger charge is -2.25. The summed E-state index contributed by atoms with van der Waals surface area (Å²) in [5.41, 5.74) is 7.80. The third-order valence-electron chi connectivity index (χ3n) is 9.44. The summed E-state index contributed by atoms with van der Waals surface area (Å²) in [4.78, 5) is 18.0. The second-order valence-electron chi connectivity index (χ2n) is 12.4. The Hall–Kier alpha value is -6.43. The van der Waals surface area contributed by atoms with Gasteiger partial charge >= 0.3 is 0 Å². The van der Waals surface area contributed by atoms with Crippen molar-refractivity contribution in [2.75, 3.05) is 4.90 Å². The van der Waals surface area contributed by atoms with E-state index in [4.69, 9.17) is 15.0 Å². The summed E-state index contributed by atoms with van der Waals surface area (Å²) in [7, 11) is 0. The molecule has 0 saturated carbocycles. The zero-order valence-corrected chi connectivity index (χ0v) is 27.7. The molecule has 0 saturated heterocycles. The highest BCUT2D eigenvalue weighted by molar-refractivity contribution is 7.25. The topological polar surface area (TPSA) is 41.9 Å². The monoisotopic (exact) mass is 656 g/mol. The third-order valence-corrected chi connectivity index (χ3v) is 10.6. The van der Waals surface area contributed by atoms with Gasteiger partial charge in [-0.1, -0.05) is 109 Å². The average Bonchev–Trinajstić information content (AvgIpc) is 3.55. The first kappa shape index (κ1) is 28.6. The van der Waals surface area contributed by atoms with E-state index in [1.807, 2.05) is 29.5 Å². The predicted molar refractivity (Wildman–Crippen MR) is 211 cm³/mol. The van der Waals surface area contributed by atoms with Gasteiger partial charge in [-0.05, 0) is 66.0 Å². The van der Waals surface area contributed by atoms with E-state index in [0.29, 0.717) is 5.82 Å². The highest BCUT2D eigenvalue weighted by atomic mass is 32.1. The fourth-order valence-electron chi connectivity index (χ4n) is 7.12. The molecule has 0 spiro atoms. The van der Waals surface area contributed by atoms with Crippen molar-refractivity contribution in [3.05, 3.63) is 170 Å². The van der Waals surface area contributed by atoms with Crippen molar-refractivity contribution >= 4 is 81.1 Å². The van der Waals surface area contributed by atoms with Crippen molar-refractivity contribution in [1.82, 2.24) is 15.0 Å². The lowest BCUT2D eigenvalue weighted by molar-refractivity contribution is 1.20. The first-order valence-corrected chi connectivity index (χ1v) is 17.5. The number of fused-ring (bicyclic) bond motifs is 7. The molecule has 0 amide bonds. The van der Waals surface area contributed by atoms with Gasteiger partial charge in [0.1, 0.15) is 5.69 Å². The van der Waals surface area contributed by atoms with Crippen molar-refractivity contribution < 1.29 is 0 Å². The van der Waals surface area contributed by atoms with Crippen molar-refractivity contribution in [2.24, 2.45) is 0 Å². The molecule has 7 aromatic carbocycles. The van der Waals surface area contributed by atoms with E-state index >= 15 is 0 Å². The normalized spacial score (nSPS) is 11.6. The molecular weight excluding hydrogens is 629 g/mol. The van der Waals surface area contributed by atoms with E-state index in [1.54, 1.807) is 0 Å². The predicted octanol–water partition coefficient (Wildman–Crippen LogP) is 12.5. The van der Waals surface area contributed by atoms with E-state index in [1.165, 1.54) is 20.2 Å². The van der Waals surface area contributed by atoms with Gasteiger partial charge in [0.25, 0.3) is 0 Å². The van der Waals surface area contributed by atoms with Crippen LogP contribution >= 0.6 is 11.3 Å². The zero-order chi connectivity index (χ0) is 33.0. The van der Waals surface area contributed by atoms with Gasteiger partial charge in [-0.15, -0.1) is 11.3 Å². The molecule has 0 bridgehead atoms. The summed E-state index contributed by atoms with van der Waals surface area (Å²) < 4.78 is 2.51. The van der Waals surface area contributed by atoms with Crippen LogP contribution in [0.3, 0.4) is 0 Å². The van der Waals surface area contributed by atoms with Crippen LogP contribution in [0.1, 0.15) is 0 Å². The van der Waals surface area contributed by atoms with Gasteiger partial charge in [0, 0.05) is 59.0 Å². The van der Waals surface area contributed by atoms with Gasteiger partial charge in [-0.2, -0.15) is 0 Å². The van der Waals surface area contributed by atoms with Crippen molar-refractivity contribution in [3.63, 3.8) is 0 Å². The van der Waals surface area contributed by atoms with E-state index < -0.39 is 0 Å². The smallest absolute Gasteiger partial charge is 0.179 e. The lowest BCUT2D eigenvalue weighted by Crippen LogP contribution is -2.09. The minimum absolute atomic E-state index is 0.618. The highest BCUT2D eigenvalue weighted by Gasteiger charge is 2.19. The maximum atomic E-state index is 5.31. The van der Waals surface area contributed by atoms with E-state index in [9.17, 15) is 0 Å². The maximum Gasteiger partial charge on any atom is 0.179 e. The number of anilines is 3. The Morgan fingerprint density at radius 2 is 0.960 bits per heavy atom. The van der Waals surface area contributed by atoms with Gasteiger partial charge in [0.05, 0.1) is 16.7 Å². The Bertz CT molecular complexity index is 2830. The molecule has 50 heavy (non-hydrogen) atoms. The number of hydrogen-bond donors (Lipinski definition) is 0. The summed E-state index contributed by atoms with van der Waals surface area (Å²) in [6.07, 6.45) is 0. The molecule has 0 fully saturated rings. The highest BCUT2D eigenvalue weighted by Crippen LogP contribution is 2.41. The molecule has 0 unspecified atom stereocenters. The van der Waals surface area contributed by atoms with Gasteiger partial charge in [0.15, 0.2) is 5.82 Å². The number of rotatable bonds is 5. The van der Waals surface area contributed by atoms with Gasteiger partial charge in [-0.25, -0.2) is 15.0 Å². The molecular formula is C45H28N4S. The lowest BCUT2D eigenvalue weighted by atomic mass is 10.0. The zero-order valence-electron chi connectivity index (χ0n) is 26.9. The summed E-state index contributed by atoms with van der Waals surface area (Å²) in [5.74, 6) is 0.618. The fraction of sp³-hybridized carbons (Fsp3) is 0. The summed E-state index contributed by atoms with van der Waals surface area (Å²) in [6, 6.07) is 59.5. The number of pyridine rings is 1. The van der Waals surface area contributed by atoms with Crippen molar-refractivity contribution in [2.45, 2.75) is 0 Å². The Labute approximate surface area is 292 Å². The number of aromatic nitrogens is 3. The molecule has 0 aliphatic carbocycles. The molecule has 4 nitrogen and oxygen atoms in total. The largest absolute Gasteiger partial charge is 0.311 e. The molecule has 0 radical (unpaired) electrons. The Balaban J connectivity index is 1.15. The standard InChI is InChI=1S/C45H28N4S/c1-3-13-30(14-4-1)49(31-15-5-2-6-16-31)32-25-23-29(24-26-32)43-36-20-9-11-21-39(36)47-45(48-43)44-35-19-8-7-17-33(35)37-27-38-34-18-10-12-22-41(34)50-42(38)28-40(37)46-44/h1-28H. The van der Waals surface area contributed by atoms with Crippen LogP contribution in [0.15, 0.2) is 170 Å². The molecule has 3 heterocycles. The van der Waals surface area contributed by atoms with Crippen molar-refractivity contribution in [1.29, 1.82) is 0 Å². The van der Waals surface area contributed by atoms with Gasteiger partial charge in [-0.3, -0.25) is 0 Å². The van der Waals surface area contributed by atoms with Crippen LogP contribution in [0.4, 0.5) is 17.1 Å². The molecule has 3 aromatic heterocycles.